The molecule has 2 rings (SSSR count). The molecule has 2 aromatic heterocycles. The number of aromatic nitrogens is 2. The maximum Gasteiger partial charge on any atom is 0.194 e. The highest BCUT2D eigenvalue weighted by atomic mass is 32.1. The van der Waals surface area contributed by atoms with Crippen LogP contribution in [0, 0.1) is 13.8 Å². The molecule has 0 bridgehead atoms. The van der Waals surface area contributed by atoms with Crippen molar-refractivity contribution in [2.24, 2.45) is 0 Å². The van der Waals surface area contributed by atoms with Gasteiger partial charge in [0.25, 0.3) is 0 Å². The van der Waals surface area contributed by atoms with Gasteiger partial charge in [0.05, 0.1) is 11.4 Å². The van der Waals surface area contributed by atoms with Crippen molar-refractivity contribution in [3.8, 4) is 0 Å². The van der Waals surface area contributed by atoms with E-state index in [0.29, 0.717) is 0 Å². The van der Waals surface area contributed by atoms with Gasteiger partial charge in [-0.25, -0.2) is 4.98 Å². The number of nitrogens with zero attached hydrogens (tertiary/aromatic N) is 2. The lowest BCUT2D eigenvalue weighted by molar-refractivity contribution is 0.673. The van der Waals surface area contributed by atoms with Gasteiger partial charge in [0.2, 0.25) is 0 Å². The highest BCUT2D eigenvalue weighted by molar-refractivity contribution is 7.15. The third-order valence-corrected chi connectivity index (χ3v) is 3.79. The SMILES string of the molecule is C/C=C/CCNCc1c(C)nc2scc(C)n12. The van der Waals surface area contributed by atoms with Crippen LogP contribution in [0.5, 0.6) is 0 Å². The van der Waals surface area contributed by atoms with E-state index < -0.39 is 0 Å². The van der Waals surface area contributed by atoms with Crippen LogP contribution in [-0.2, 0) is 6.54 Å². The summed E-state index contributed by atoms with van der Waals surface area (Å²) in [5, 5.41) is 5.62. The van der Waals surface area contributed by atoms with Crippen LogP contribution in [0.1, 0.15) is 30.4 Å². The van der Waals surface area contributed by atoms with Crippen LogP contribution < -0.4 is 5.32 Å². The van der Waals surface area contributed by atoms with Gasteiger partial charge in [-0.3, -0.25) is 4.40 Å². The van der Waals surface area contributed by atoms with Crippen molar-refractivity contribution >= 4 is 16.3 Å². The van der Waals surface area contributed by atoms with E-state index in [1.54, 1.807) is 11.3 Å². The molecule has 17 heavy (non-hydrogen) atoms. The Labute approximate surface area is 106 Å². The quantitative estimate of drug-likeness (QED) is 0.652. The van der Waals surface area contributed by atoms with E-state index >= 15 is 0 Å². The maximum atomic E-state index is 4.58. The molecular weight excluding hydrogens is 230 g/mol. The predicted octanol–water partition coefficient (Wildman–Crippen LogP) is 3.07. The average Bonchev–Trinajstić information content (AvgIpc) is 2.80. The second-order valence-corrected chi connectivity index (χ2v) is 5.01. The molecule has 0 aliphatic carbocycles. The molecule has 92 valence electrons. The summed E-state index contributed by atoms with van der Waals surface area (Å²) in [5.41, 5.74) is 3.70. The molecule has 3 nitrogen and oxygen atoms in total. The molecule has 2 heterocycles. The summed E-state index contributed by atoms with van der Waals surface area (Å²) < 4.78 is 2.25. The number of imidazole rings is 1. The van der Waals surface area contributed by atoms with Crippen molar-refractivity contribution in [2.45, 2.75) is 33.7 Å². The Bertz CT molecular complexity index is 522. The molecule has 2 aromatic rings. The van der Waals surface area contributed by atoms with E-state index in [1.165, 1.54) is 11.4 Å². The molecule has 0 aromatic carbocycles. The molecule has 0 fully saturated rings. The number of thiazole rings is 1. The predicted molar refractivity (Wildman–Crippen MR) is 73.7 cm³/mol. The first-order valence-electron chi connectivity index (χ1n) is 5.98. The van der Waals surface area contributed by atoms with Crippen LogP contribution in [0.2, 0.25) is 0 Å². The zero-order valence-electron chi connectivity index (χ0n) is 10.7. The minimum Gasteiger partial charge on any atom is -0.311 e. The van der Waals surface area contributed by atoms with Crippen molar-refractivity contribution in [3.05, 3.63) is 34.6 Å². The number of aryl methyl sites for hydroxylation is 2. The highest BCUT2D eigenvalue weighted by Crippen LogP contribution is 2.20. The third kappa shape index (κ3) is 2.58. The zero-order chi connectivity index (χ0) is 12.3. The molecule has 0 saturated carbocycles. The third-order valence-electron chi connectivity index (χ3n) is 2.85. The molecule has 0 aliphatic rings. The zero-order valence-corrected chi connectivity index (χ0v) is 11.5. The van der Waals surface area contributed by atoms with Crippen LogP contribution >= 0.6 is 11.3 Å². The van der Waals surface area contributed by atoms with Gasteiger partial charge in [0.15, 0.2) is 4.96 Å². The fourth-order valence-corrected chi connectivity index (χ4v) is 2.87. The number of nitrogens with one attached hydrogen (secondary N) is 1. The second-order valence-electron chi connectivity index (χ2n) is 4.17. The van der Waals surface area contributed by atoms with Gasteiger partial charge in [-0.2, -0.15) is 0 Å². The summed E-state index contributed by atoms with van der Waals surface area (Å²) in [7, 11) is 0. The minimum atomic E-state index is 0.891. The molecule has 0 amide bonds. The summed E-state index contributed by atoms with van der Waals surface area (Å²) in [6, 6.07) is 0. The van der Waals surface area contributed by atoms with E-state index in [4.69, 9.17) is 0 Å². The molecule has 1 N–H and O–H groups in total. The van der Waals surface area contributed by atoms with Gasteiger partial charge in [0.1, 0.15) is 0 Å². The lowest BCUT2D eigenvalue weighted by Gasteiger charge is -2.04. The Kier molecular flexibility index (Phi) is 3.97. The smallest absolute Gasteiger partial charge is 0.194 e. The first-order valence-corrected chi connectivity index (χ1v) is 6.86. The molecular formula is C13H19N3S. The average molecular weight is 249 g/mol. The lowest BCUT2D eigenvalue weighted by atomic mass is 10.3. The van der Waals surface area contributed by atoms with Crippen molar-refractivity contribution in [3.63, 3.8) is 0 Å². The Morgan fingerprint density at radius 2 is 2.29 bits per heavy atom. The van der Waals surface area contributed by atoms with Crippen molar-refractivity contribution in [1.82, 2.24) is 14.7 Å². The van der Waals surface area contributed by atoms with Crippen molar-refractivity contribution in [1.29, 1.82) is 0 Å². The monoisotopic (exact) mass is 249 g/mol. The van der Waals surface area contributed by atoms with Crippen molar-refractivity contribution in [2.75, 3.05) is 6.54 Å². The van der Waals surface area contributed by atoms with E-state index in [9.17, 15) is 0 Å². The van der Waals surface area contributed by atoms with E-state index in [1.807, 2.05) is 0 Å². The van der Waals surface area contributed by atoms with Crippen LogP contribution in [0.25, 0.3) is 4.96 Å². The van der Waals surface area contributed by atoms with Gasteiger partial charge in [-0.05, 0) is 33.7 Å². The van der Waals surface area contributed by atoms with Gasteiger partial charge in [-0.1, -0.05) is 12.2 Å². The fourth-order valence-electron chi connectivity index (χ4n) is 1.93. The molecule has 0 saturated heterocycles. The normalized spacial score (nSPS) is 11.9. The maximum absolute atomic E-state index is 4.58. The first kappa shape index (κ1) is 12.3. The summed E-state index contributed by atoms with van der Waals surface area (Å²) in [4.78, 5) is 5.68. The summed E-state index contributed by atoms with van der Waals surface area (Å²) in [6.45, 7) is 8.18. The van der Waals surface area contributed by atoms with Crippen LogP contribution in [0.15, 0.2) is 17.5 Å². The Morgan fingerprint density at radius 1 is 1.47 bits per heavy atom. The number of fused-ring (bicyclic) bond motifs is 1. The number of hydrogen-bond acceptors (Lipinski definition) is 3. The Morgan fingerprint density at radius 3 is 3.06 bits per heavy atom. The standard InChI is InChI=1S/C13H19N3S/c1-4-5-6-7-14-8-12-11(3)15-13-16(12)10(2)9-17-13/h4-5,9,14H,6-8H2,1-3H3/b5-4+. The topological polar surface area (TPSA) is 29.3 Å². The Balaban J connectivity index is 2.06. The van der Waals surface area contributed by atoms with Crippen molar-refractivity contribution < 1.29 is 0 Å². The summed E-state index contributed by atoms with van der Waals surface area (Å²) in [5.74, 6) is 0. The summed E-state index contributed by atoms with van der Waals surface area (Å²) >= 11 is 1.71. The van der Waals surface area contributed by atoms with E-state index in [2.05, 4.69) is 53.0 Å². The Hall–Kier alpha value is -1.13. The first-order chi connectivity index (χ1) is 8.24. The number of hydrogen-bond donors (Lipinski definition) is 1. The van der Waals surface area contributed by atoms with E-state index in [0.717, 1.165) is 30.2 Å². The van der Waals surface area contributed by atoms with Gasteiger partial charge >= 0.3 is 0 Å². The number of rotatable bonds is 5. The molecule has 4 heteroatoms. The molecule has 0 unspecified atom stereocenters. The molecule has 0 radical (unpaired) electrons. The summed E-state index contributed by atoms with van der Waals surface area (Å²) in [6.07, 6.45) is 5.36. The lowest BCUT2D eigenvalue weighted by Crippen LogP contribution is -2.16. The van der Waals surface area contributed by atoms with Gasteiger partial charge in [0, 0.05) is 17.6 Å². The molecule has 0 spiro atoms. The fraction of sp³-hybridized carbons (Fsp3) is 0.462. The van der Waals surface area contributed by atoms with Crippen LogP contribution in [0.4, 0.5) is 0 Å². The van der Waals surface area contributed by atoms with Crippen LogP contribution in [0.3, 0.4) is 0 Å². The highest BCUT2D eigenvalue weighted by Gasteiger charge is 2.10. The van der Waals surface area contributed by atoms with Crippen LogP contribution in [-0.4, -0.2) is 15.9 Å². The van der Waals surface area contributed by atoms with Gasteiger partial charge < -0.3 is 5.32 Å². The minimum absolute atomic E-state index is 0.891. The largest absolute Gasteiger partial charge is 0.311 e. The van der Waals surface area contributed by atoms with E-state index in [-0.39, 0.29) is 0 Å². The second kappa shape index (κ2) is 5.47. The number of allylic oxidation sites excluding steroid dienone is 1. The molecule has 0 atom stereocenters. The molecule has 0 aliphatic heterocycles. The van der Waals surface area contributed by atoms with Gasteiger partial charge in [-0.15, -0.1) is 11.3 Å².